The first-order valence-corrected chi connectivity index (χ1v) is 12.0. The van der Waals surface area contributed by atoms with Gasteiger partial charge in [0.15, 0.2) is 5.82 Å². The van der Waals surface area contributed by atoms with Crippen LogP contribution in [0.1, 0.15) is 24.4 Å². The predicted octanol–water partition coefficient (Wildman–Crippen LogP) is 4.97. The molecule has 0 bridgehead atoms. The van der Waals surface area contributed by atoms with Crippen LogP contribution < -0.4 is 4.43 Å². The van der Waals surface area contributed by atoms with Crippen LogP contribution in [0.5, 0.6) is 5.75 Å². The topological polar surface area (TPSA) is 39.4 Å². The van der Waals surface area contributed by atoms with Crippen molar-refractivity contribution < 1.29 is 4.43 Å². The average Bonchev–Trinajstić information content (AvgIpc) is 2.88. The quantitative estimate of drug-likeness (QED) is 0.481. The summed E-state index contributed by atoms with van der Waals surface area (Å²) in [6.07, 6.45) is 1.86. The Kier molecular flexibility index (Phi) is 4.77. The Labute approximate surface area is 150 Å². The van der Waals surface area contributed by atoms with Crippen molar-refractivity contribution >= 4 is 25.6 Å². The molecule has 3 aromatic rings. The van der Waals surface area contributed by atoms with Gasteiger partial charge < -0.3 is 8.99 Å². The van der Waals surface area contributed by atoms with Gasteiger partial charge in [0.25, 0.3) is 0 Å². The van der Waals surface area contributed by atoms with Crippen LogP contribution in [0.25, 0.3) is 11.0 Å². The number of hydrogen-bond donors (Lipinski definition) is 0. The van der Waals surface area contributed by atoms with E-state index in [1.165, 1.54) is 0 Å². The number of aryl methyl sites for hydroxylation is 1. The fraction of sp³-hybridized carbons (Fsp3) is 0.300. The molecule has 4 nitrogen and oxygen atoms in total. The highest BCUT2D eigenvalue weighted by molar-refractivity contribution is 6.70. The fourth-order valence-electron chi connectivity index (χ4n) is 2.79. The molecule has 130 valence electrons. The van der Waals surface area contributed by atoms with Crippen molar-refractivity contribution in [1.29, 1.82) is 0 Å². The molecule has 1 atom stereocenters. The lowest BCUT2D eigenvalue weighted by molar-refractivity contribution is 0.543. The van der Waals surface area contributed by atoms with E-state index < -0.39 is 8.32 Å². The van der Waals surface area contributed by atoms with E-state index in [1.807, 2.05) is 49.7 Å². The van der Waals surface area contributed by atoms with E-state index in [0.29, 0.717) is 0 Å². The van der Waals surface area contributed by atoms with Gasteiger partial charge in [0.05, 0.1) is 23.3 Å². The summed E-state index contributed by atoms with van der Waals surface area (Å²) in [6, 6.07) is 16.3. The standard InChI is InChI=1S/C20H25N3OSi/c1-15(16-10-6-9-13-19(16)24-25(3,4)5)21-14-20-22-17-11-7-8-12-18(17)23(20)2/h6-15H,1-5H3/b21-14+. The lowest BCUT2D eigenvalue weighted by Gasteiger charge is -2.22. The molecule has 1 heterocycles. The number of hydrogen-bond acceptors (Lipinski definition) is 3. The Balaban J connectivity index is 1.88. The maximum absolute atomic E-state index is 6.22. The molecule has 0 spiro atoms. The van der Waals surface area contributed by atoms with Crippen molar-refractivity contribution in [2.45, 2.75) is 32.6 Å². The van der Waals surface area contributed by atoms with Crippen LogP contribution in [0.2, 0.25) is 19.6 Å². The van der Waals surface area contributed by atoms with Crippen LogP contribution in [0, 0.1) is 0 Å². The van der Waals surface area contributed by atoms with E-state index in [-0.39, 0.29) is 6.04 Å². The second kappa shape index (κ2) is 6.84. The van der Waals surface area contributed by atoms with Crippen molar-refractivity contribution in [3.05, 3.63) is 59.9 Å². The van der Waals surface area contributed by atoms with Gasteiger partial charge in [-0.3, -0.25) is 4.99 Å². The zero-order valence-corrected chi connectivity index (χ0v) is 16.5. The lowest BCUT2D eigenvalue weighted by Crippen LogP contribution is -2.29. The van der Waals surface area contributed by atoms with Crippen LogP contribution in [0.15, 0.2) is 53.5 Å². The second-order valence-corrected chi connectivity index (χ2v) is 11.7. The number of benzene rings is 2. The number of aliphatic imine (C=N–C) groups is 1. The van der Waals surface area contributed by atoms with Gasteiger partial charge in [0.1, 0.15) is 5.75 Å². The minimum absolute atomic E-state index is 0.00682. The van der Waals surface area contributed by atoms with Crippen molar-refractivity contribution in [3.63, 3.8) is 0 Å². The highest BCUT2D eigenvalue weighted by Gasteiger charge is 2.19. The van der Waals surface area contributed by atoms with Gasteiger partial charge in [-0.1, -0.05) is 30.3 Å². The molecule has 0 saturated carbocycles. The van der Waals surface area contributed by atoms with E-state index in [4.69, 9.17) is 9.42 Å². The van der Waals surface area contributed by atoms with Gasteiger partial charge in [-0.05, 0) is 44.8 Å². The molecule has 0 aliphatic carbocycles. The monoisotopic (exact) mass is 351 g/mol. The first-order valence-electron chi connectivity index (χ1n) is 8.58. The zero-order valence-electron chi connectivity index (χ0n) is 15.5. The Morgan fingerprint density at radius 2 is 1.76 bits per heavy atom. The van der Waals surface area contributed by atoms with Crippen molar-refractivity contribution in [2.75, 3.05) is 0 Å². The first kappa shape index (κ1) is 17.4. The van der Waals surface area contributed by atoms with E-state index >= 15 is 0 Å². The molecule has 0 radical (unpaired) electrons. The van der Waals surface area contributed by atoms with Gasteiger partial charge in [-0.15, -0.1) is 0 Å². The SMILES string of the molecule is CC(/N=C/c1nc2ccccc2n1C)c1ccccc1O[Si](C)(C)C. The van der Waals surface area contributed by atoms with E-state index in [9.17, 15) is 0 Å². The highest BCUT2D eigenvalue weighted by atomic mass is 28.4. The van der Waals surface area contributed by atoms with Gasteiger partial charge in [-0.25, -0.2) is 4.98 Å². The van der Waals surface area contributed by atoms with Gasteiger partial charge in [0.2, 0.25) is 8.32 Å². The Morgan fingerprint density at radius 1 is 1.08 bits per heavy atom. The second-order valence-electron chi connectivity index (χ2n) is 7.22. The summed E-state index contributed by atoms with van der Waals surface area (Å²) in [5, 5.41) is 0. The predicted molar refractivity (Wildman–Crippen MR) is 107 cm³/mol. The van der Waals surface area contributed by atoms with Crippen molar-refractivity contribution in [2.24, 2.45) is 12.0 Å². The first-order chi connectivity index (χ1) is 11.8. The average molecular weight is 352 g/mol. The molecule has 25 heavy (non-hydrogen) atoms. The summed E-state index contributed by atoms with van der Waals surface area (Å²) < 4.78 is 8.29. The number of nitrogens with zero attached hydrogens (tertiary/aromatic N) is 3. The van der Waals surface area contributed by atoms with E-state index in [0.717, 1.165) is 28.2 Å². The number of fused-ring (bicyclic) bond motifs is 1. The fourth-order valence-corrected chi connectivity index (χ4v) is 3.63. The van der Waals surface area contributed by atoms with Crippen LogP contribution in [-0.2, 0) is 7.05 Å². The van der Waals surface area contributed by atoms with Crippen molar-refractivity contribution in [3.8, 4) is 5.75 Å². The van der Waals surface area contributed by atoms with Crippen LogP contribution in [0.3, 0.4) is 0 Å². The summed E-state index contributed by atoms with van der Waals surface area (Å²) in [6.45, 7) is 8.66. The van der Waals surface area contributed by atoms with E-state index in [2.05, 4.69) is 48.2 Å². The molecular weight excluding hydrogens is 326 g/mol. The summed E-state index contributed by atoms with van der Waals surface area (Å²) >= 11 is 0. The summed E-state index contributed by atoms with van der Waals surface area (Å²) in [4.78, 5) is 9.39. The highest BCUT2D eigenvalue weighted by Crippen LogP contribution is 2.29. The number of rotatable bonds is 5. The number of para-hydroxylation sites is 3. The van der Waals surface area contributed by atoms with Crippen LogP contribution in [-0.4, -0.2) is 24.1 Å². The molecular formula is C20H25N3OSi. The molecule has 0 amide bonds. The van der Waals surface area contributed by atoms with Crippen LogP contribution >= 0.6 is 0 Å². The maximum atomic E-state index is 6.22. The molecule has 0 aliphatic rings. The minimum atomic E-state index is -1.66. The summed E-state index contributed by atoms with van der Waals surface area (Å²) in [7, 11) is 0.356. The molecule has 3 rings (SSSR count). The van der Waals surface area contributed by atoms with Gasteiger partial charge >= 0.3 is 0 Å². The third-order valence-electron chi connectivity index (χ3n) is 4.02. The third kappa shape index (κ3) is 3.99. The maximum Gasteiger partial charge on any atom is 0.242 e. The zero-order chi connectivity index (χ0) is 18.0. The third-order valence-corrected chi connectivity index (χ3v) is 4.85. The molecule has 1 aromatic heterocycles. The lowest BCUT2D eigenvalue weighted by atomic mass is 10.1. The molecule has 0 N–H and O–H groups in total. The largest absolute Gasteiger partial charge is 0.544 e. The molecule has 0 fully saturated rings. The summed E-state index contributed by atoms with van der Waals surface area (Å²) in [5.74, 6) is 1.80. The summed E-state index contributed by atoms with van der Waals surface area (Å²) in [5.41, 5.74) is 3.21. The number of aromatic nitrogens is 2. The molecule has 5 heteroatoms. The van der Waals surface area contributed by atoms with Gasteiger partial charge in [0, 0.05) is 12.6 Å². The normalized spacial score (nSPS) is 13.5. The molecule has 2 aromatic carbocycles. The van der Waals surface area contributed by atoms with Crippen LogP contribution in [0.4, 0.5) is 0 Å². The smallest absolute Gasteiger partial charge is 0.242 e. The number of imidazole rings is 1. The molecule has 1 unspecified atom stereocenters. The van der Waals surface area contributed by atoms with Crippen molar-refractivity contribution in [1.82, 2.24) is 9.55 Å². The molecule has 0 saturated heterocycles. The Hall–Kier alpha value is -2.40. The van der Waals surface area contributed by atoms with E-state index in [1.54, 1.807) is 0 Å². The minimum Gasteiger partial charge on any atom is -0.544 e. The molecule has 0 aliphatic heterocycles. The Morgan fingerprint density at radius 3 is 2.48 bits per heavy atom. The Bertz CT molecular complexity index is 909. The van der Waals surface area contributed by atoms with Gasteiger partial charge in [-0.2, -0.15) is 0 Å².